The molecule has 20 heavy (non-hydrogen) atoms. The molecule has 0 aliphatic carbocycles. The summed E-state index contributed by atoms with van der Waals surface area (Å²) in [6.07, 6.45) is 3.63. The minimum Gasteiger partial charge on any atom is -0.466 e. The van der Waals surface area contributed by atoms with Crippen molar-refractivity contribution in [1.82, 2.24) is 0 Å². The van der Waals surface area contributed by atoms with E-state index in [2.05, 4.69) is 0 Å². The molecule has 0 fully saturated rings. The van der Waals surface area contributed by atoms with Gasteiger partial charge in [0.25, 0.3) is 0 Å². The van der Waals surface area contributed by atoms with Crippen molar-refractivity contribution in [2.45, 2.75) is 65.5 Å². The minimum atomic E-state index is -3.25. The molecule has 0 saturated heterocycles. The van der Waals surface area contributed by atoms with E-state index in [0.717, 1.165) is 25.7 Å². The molecule has 0 heterocycles. The van der Waals surface area contributed by atoms with Gasteiger partial charge in [-0.2, -0.15) is 0 Å². The Bertz CT molecular complexity index is 292. The first-order valence-electron chi connectivity index (χ1n) is 7.54. The van der Waals surface area contributed by atoms with E-state index in [4.69, 9.17) is 13.8 Å². The molecule has 0 aliphatic heterocycles. The number of unbranched alkanes of at least 4 members (excludes halogenated alkanes) is 2. The van der Waals surface area contributed by atoms with Gasteiger partial charge in [0.2, 0.25) is 0 Å². The van der Waals surface area contributed by atoms with Crippen LogP contribution in [0.1, 0.15) is 59.8 Å². The zero-order valence-electron chi connectivity index (χ0n) is 13.2. The smallest absolute Gasteiger partial charge is 0.334 e. The van der Waals surface area contributed by atoms with Crippen molar-refractivity contribution < 1.29 is 23.1 Å². The van der Waals surface area contributed by atoms with E-state index in [9.17, 15) is 9.36 Å². The average molecular weight is 308 g/mol. The van der Waals surface area contributed by atoms with Gasteiger partial charge in [0.05, 0.1) is 31.9 Å². The monoisotopic (exact) mass is 308 g/mol. The van der Waals surface area contributed by atoms with Crippen LogP contribution in [0.25, 0.3) is 0 Å². The van der Waals surface area contributed by atoms with E-state index in [1.165, 1.54) is 0 Å². The maximum absolute atomic E-state index is 12.8. The quantitative estimate of drug-likeness (QED) is 0.308. The standard InChI is InChI=1S/C14H29O5P/c1-5-8-10-18-20(16,19-11-9-6-2)13(4)12-14(15)17-7-3/h13H,5-12H2,1-4H3. The lowest BCUT2D eigenvalue weighted by Crippen LogP contribution is -2.17. The van der Waals surface area contributed by atoms with E-state index in [0.29, 0.717) is 19.8 Å². The number of ether oxygens (including phenoxy) is 1. The zero-order valence-corrected chi connectivity index (χ0v) is 14.1. The molecule has 0 aromatic heterocycles. The van der Waals surface area contributed by atoms with Crippen molar-refractivity contribution in [2.75, 3.05) is 19.8 Å². The van der Waals surface area contributed by atoms with Crippen LogP contribution in [0.15, 0.2) is 0 Å². The molecule has 0 N–H and O–H groups in total. The topological polar surface area (TPSA) is 61.8 Å². The summed E-state index contributed by atoms with van der Waals surface area (Å²) in [6.45, 7) is 8.65. The fourth-order valence-electron chi connectivity index (χ4n) is 1.54. The molecule has 0 bridgehead atoms. The third-order valence-corrected chi connectivity index (χ3v) is 5.19. The zero-order chi connectivity index (χ0) is 15.4. The molecule has 0 aromatic carbocycles. The number of hydrogen-bond donors (Lipinski definition) is 0. The molecular formula is C14H29O5P. The predicted molar refractivity (Wildman–Crippen MR) is 80.0 cm³/mol. The van der Waals surface area contributed by atoms with Gasteiger partial charge in [-0.25, -0.2) is 0 Å². The largest absolute Gasteiger partial charge is 0.466 e. The molecule has 1 atom stereocenters. The van der Waals surface area contributed by atoms with Crippen LogP contribution in [0.3, 0.4) is 0 Å². The highest BCUT2D eigenvalue weighted by Gasteiger charge is 2.34. The second-order valence-corrected chi connectivity index (χ2v) is 7.25. The molecule has 0 amide bonds. The molecule has 5 nitrogen and oxygen atoms in total. The molecule has 0 saturated carbocycles. The Hall–Kier alpha value is -0.380. The van der Waals surface area contributed by atoms with Gasteiger partial charge in [0, 0.05) is 0 Å². The average Bonchev–Trinajstić information content (AvgIpc) is 2.39. The second-order valence-electron chi connectivity index (χ2n) is 4.77. The van der Waals surface area contributed by atoms with Crippen molar-refractivity contribution in [3.63, 3.8) is 0 Å². The molecule has 0 radical (unpaired) electrons. The van der Waals surface area contributed by atoms with E-state index < -0.39 is 13.3 Å². The van der Waals surface area contributed by atoms with Gasteiger partial charge in [0.15, 0.2) is 0 Å². The van der Waals surface area contributed by atoms with Gasteiger partial charge < -0.3 is 13.8 Å². The SMILES string of the molecule is CCCCOP(=O)(OCCCC)C(C)CC(=O)OCC. The highest BCUT2D eigenvalue weighted by molar-refractivity contribution is 7.54. The number of hydrogen-bond acceptors (Lipinski definition) is 5. The van der Waals surface area contributed by atoms with Gasteiger partial charge in [0.1, 0.15) is 0 Å². The third kappa shape index (κ3) is 8.03. The maximum atomic E-state index is 12.8. The Morgan fingerprint density at radius 1 is 1.05 bits per heavy atom. The molecular weight excluding hydrogens is 279 g/mol. The van der Waals surface area contributed by atoms with Gasteiger partial charge in [-0.1, -0.05) is 33.6 Å². The molecule has 0 aliphatic rings. The number of carbonyl (C=O) groups is 1. The Morgan fingerprint density at radius 3 is 1.95 bits per heavy atom. The Labute approximate surface area is 122 Å². The maximum Gasteiger partial charge on any atom is 0.334 e. The third-order valence-electron chi connectivity index (χ3n) is 2.85. The van der Waals surface area contributed by atoms with E-state index in [1.54, 1.807) is 13.8 Å². The molecule has 0 aromatic rings. The number of rotatable bonds is 12. The first-order valence-corrected chi connectivity index (χ1v) is 9.15. The van der Waals surface area contributed by atoms with Crippen LogP contribution in [-0.4, -0.2) is 31.4 Å². The minimum absolute atomic E-state index is 0.0589. The highest BCUT2D eigenvalue weighted by Crippen LogP contribution is 2.54. The number of carbonyl (C=O) groups excluding carboxylic acids is 1. The summed E-state index contributed by atoms with van der Waals surface area (Å²) >= 11 is 0. The van der Waals surface area contributed by atoms with E-state index in [1.807, 2.05) is 13.8 Å². The molecule has 1 unspecified atom stereocenters. The van der Waals surface area contributed by atoms with Crippen LogP contribution in [0.4, 0.5) is 0 Å². The van der Waals surface area contributed by atoms with Gasteiger partial charge in [-0.15, -0.1) is 0 Å². The first kappa shape index (κ1) is 19.6. The lowest BCUT2D eigenvalue weighted by Gasteiger charge is -2.23. The van der Waals surface area contributed by atoms with Crippen molar-refractivity contribution in [2.24, 2.45) is 0 Å². The highest BCUT2D eigenvalue weighted by atomic mass is 31.2. The van der Waals surface area contributed by atoms with Gasteiger partial charge in [-0.05, 0) is 19.8 Å². The second kappa shape index (κ2) is 11.3. The first-order chi connectivity index (χ1) is 9.50. The van der Waals surface area contributed by atoms with Crippen molar-refractivity contribution in [3.8, 4) is 0 Å². The predicted octanol–water partition coefficient (Wildman–Crippen LogP) is 4.15. The Balaban J connectivity index is 4.54. The molecule has 6 heteroatoms. The summed E-state index contributed by atoms with van der Waals surface area (Å²) in [6, 6.07) is 0. The molecule has 120 valence electrons. The van der Waals surface area contributed by atoms with Gasteiger partial charge in [-0.3, -0.25) is 9.36 Å². The van der Waals surface area contributed by atoms with Crippen molar-refractivity contribution >= 4 is 13.6 Å². The summed E-state index contributed by atoms with van der Waals surface area (Å²) in [5.41, 5.74) is -0.477. The van der Waals surface area contributed by atoms with Crippen LogP contribution in [0.2, 0.25) is 0 Å². The van der Waals surface area contributed by atoms with Crippen LogP contribution < -0.4 is 0 Å². The lowest BCUT2D eigenvalue weighted by atomic mass is 10.3. The fraction of sp³-hybridized carbons (Fsp3) is 0.929. The normalized spacial score (nSPS) is 13.2. The summed E-state index contributed by atoms with van der Waals surface area (Å²) in [5, 5.41) is 0. The molecule has 0 rings (SSSR count). The Kier molecular flexibility index (Phi) is 11.1. The van der Waals surface area contributed by atoms with Crippen molar-refractivity contribution in [1.29, 1.82) is 0 Å². The summed E-state index contributed by atoms with van der Waals surface area (Å²) < 4.78 is 28.6. The number of esters is 1. The lowest BCUT2D eigenvalue weighted by molar-refractivity contribution is -0.143. The summed E-state index contributed by atoms with van der Waals surface area (Å²) in [4.78, 5) is 11.5. The fourth-order valence-corrected chi connectivity index (χ4v) is 3.26. The van der Waals surface area contributed by atoms with Crippen molar-refractivity contribution in [3.05, 3.63) is 0 Å². The Morgan fingerprint density at radius 2 is 1.55 bits per heavy atom. The summed E-state index contributed by atoms with van der Waals surface area (Å²) in [5.74, 6) is -0.363. The van der Waals surface area contributed by atoms with E-state index >= 15 is 0 Å². The summed E-state index contributed by atoms with van der Waals surface area (Å²) in [7, 11) is -3.25. The van der Waals surface area contributed by atoms with Gasteiger partial charge >= 0.3 is 13.6 Å². The van der Waals surface area contributed by atoms with E-state index in [-0.39, 0.29) is 12.4 Å². The van der Waals surface area contributed by atoms with Crippen LogP contribution in [0.5, 0.6) is 0 Å². The van der Waals surface area contributed by atoms with Crippen LogP contribution >= 0.6 is 7.60 Å². The van der Waals surface area contributed by atoms with Crippen LogP contribution in [0, 0.1) is 0 Å². The van der Waals surface area contributed by atoms with Crippen LogP contribution in [-0.2, 0) is 23.1 Å². The molecule has 0 spiro atoms.